The molecule has 2 atom stereocenters. The Morgan fingerprint density at radius 2 is 1.85 bits per heavy atom. The third-order valence-electron chi connectivity index (χ3n) is 3.47. The van der Waals surface area contributed by atoms with Gasteiger partial charge in [-0.05, 0) is 56.5 Å². The number of thiophene rings is 1. The molecule has 20 heavy (non-hydrogen) atoms. The van der Waals surface area contributed by atoms with Crippen LogP contribution < -0.4 is 5.32 Å². The van der Waals surface area contributed by atoms with Crippen LogP contribution in [0.1, 0.15) is 41.6 Å². The van der Waals surface area contributed by atoms with Gasteiger partial charge in [0.25, 0.3) is 0 Å². The van der Waals surface area contributed by atoms with Gasteiger partial charge in [0.2, 0.25) is 0 Å². The number of benzene rings is 1. The number of rotatable bonds is 6. The lowest BCUT2D eigenvalue weighted by molar-refractivity contribution is 0.445. The zero-order valence-corrected chi connectivity index (χ0v) is 14.7. The summed E-state index contributed by atoms with van der Waals surface area (Å²) < 4.78 is 1.14. The van der Waals surface area contributed by atoms with Gasteiger partial charge >= 0.3 is 0 Å². The molecular formula is C17H22BrNS. The molecule has 1 N–H and O–H groups in total. The van der Waals surface area contributed by atoms with E-state index in [4.69, 9.17) is 0 Å². The van der Waals surface area contributed by atoms with E-state index in [0.29, 0.717) is 12.1 Å². The normalized spacial score (nSPS) is 14.2. The molecule has 1 heterocycles. The standard InChI is InChI=1S/C17H22BrNS/c1-4-17(14-6-8-15(18)9-7-14)19-12(2)11-16-10-5-13(3)20-16/h5-10,12,17,19H,4,11H2,1-3H3. The molecule has 0 aliphatic heterocycles. The van der Waals surface area contributed by atoms with Gasteiger partial charge in [-0.25, -0.2) is 0 Å². The summed E-state index contributed by atoms with van der Waals surface area (Å²) in [4.78, 5) is 2.86. The first-order valence-electron chi connectivity index (χ1n) is 7.15. The first-order chi connectivity index (χ1) is 9.58. The van der Waals surface area contributed by atoms with Crippen molar-refractivity contribution in [2.75, 3.05) is 0 Å². The van der Waals surface area contributed by atoms with E-state index in [0.717, 1.165) is 17.3 Å². The fourth-order valence-corrected chi connectivity index (χ4v) is 3.73. The molecule has 0 aliphatic carbocycles. The minimum absolute atomic E-state index is 0.430. The van der Waals surface area contributed by atoms with Crippen LogP contribution in [0, 0.1) is 6.92 Å². The second-order valence-corrected chi connectivity index (χ2v) is 7.58. The average molecular weight is 352 g/mol. The summed E-state index contributed by atoms with van der Waals surface area (Å²) >= 11 is 5.40. The lowest BCUT2D eigenvalue weighted by Crippen LogP contribution is -2.31. The van der Waals surface area contributed by atoms with Gasteiger partial charge in [0.05, 0.1) is 0 Å². The van der Waals surface area contributed by atoms with Crippen LogP contribution in [0.25, 0.3) is 0 Å². The van der Waals surface area contributed by atoms with E-state index in [9.17, 15) is 0 Å². The summed E-state index contributed by atoms with van der Waals surface area (Å²) in [6.07, 6.45) is 2.21. The van der Waals surface area contributed by atoms with E-state index in [1.165, 1.54) is 15.3 Å². The molecule has 108 valence electrons. The first-order valence-corrected chi connectivity index (χ1v) is 8.76. The molecule has 0 amide bonds. The monoisotopic (exact) mass is 351 g/mol. The molecule has 2 unspecified atom stereocenters. The van der Waals surface area contributed by atoms with E-state index >= 15 is 0 Å². The van der Waals surface area contributed by atoms with Gasteiger partial charge in [-0.1, -0.05) is 35.0 Å². The van der Waals surface area contributed by atoms with Crippen molar-refractivity contribution in [3.8, 4) is 0 Å². The Morgan fingerprint density at radius 1 is 1.15 bits per heavy atom. The maximum atomic E-state index is 3.75. The number of halogens is 1. The Labute approximate surface area is 134 Å². The van der Waals surface area contributed by atoms with Crippen molar-refractivity contribution in [2.45, 2.75) is 45.7 Å². The van der Waals surface area contributed by atoms with Gasteiger partial charge in [-0.15, -0.1) is 11.3 Å². The molecule has 2 rings (SSSR count). The summed E-state index contributed by atoms with van der Waals surface area (Å²) in [6.45, 7) is 6.68. The molecule has 0 saturated heterocycles. The van der Waals surface area contributed by atoms with Gasteiger partial charge in [0, 0.05) is 26.3 Å². The molecule has 2 aromatic rings. The first kappa shape index (κ1) is 15.7. The van der Waals surface area contributed by atoms with E-state index in [1.807, 2.05) is 11.3 Å². The zero-order chi connectivity index (χ0) is 14.5. The van der Waals surface area contributed by atoms with Crippen LogP contribution in [-0.2, 0) is 6.42 Å². The zero-order valence-electron chi connectivity index (χ0n) is 12.3. The quantitative estimate of drug-likeness (QED) is 0.725. The van der Waals surface area contributed by atoms with E-state index < -0.39 is 0 Å². The van der Waals surface area contributed by atoms with Crippen molar-refractivity contribution in [1.82, 2.24) is 5.32 Å². The summed E-state index contributed by atoms with van der Waals surface area (Å²) in [5, 5.41) is 3.75. The largest absolute Gasteiger partial charge is 0.307 e. The van der Waals surface area contributed by atoms with Crippen LogP contribution in [0.15, 0.2) is 40.9 Å². The molecule has 0 saturated carbocycles. The predicted molar refractivity (Wildman–Crippen MR) is 92.5 cm³/mol. The van der Waals surface area contributed by atoms with Crippen molar-refractivity contribution >= 4 is 27.3 Å². The van der Waals surface area contributed by atoms with Crippen molar-refractivity contribution in [3.63, 3.8) is 0 Å². The van der Waals surface area contributed by atoms with Gasteiger partial charge in [-0.3, -0.25) is 0 Å². The highest BCUT2D eigenvalue weighted by molar-refractivity contribution is 9.10. The molecule has 0 aliphatic rings. The highest BCUT2D eigenvalue weighted by Crippen LogP contribution is 2.22. The van der Waals surface area contributed by atoms with E-state index in [-0.39, 0.29) is 0 Å². The van der Waals surface area contributed by atoms with Crippen LogP contribution in [0.4, 0.5) is 0 Å². The minimum atomic E-state index is 0.430. The third kappa shape index (κ3) is 4.44. The summed E-state index contributed by atoms with van der Waals surface area (Å²) in [7, 11) is 0. The molecule has 1 aromatic carbocycles. The summed E-state index contributed by atoms with van der Waals surface area (Å²) in [5.74, 6) is 0. The Morgan fingerprint density at radius 3 is 2.40 bits per heavy atom. The third-order valence-corrected chi connectivity index (χ3v) is 5.02. The fraction of sp³-hybridized carbons (Fsp3) is 0.412. The second-order valence-electron chi connectivity index (χ2n) is 5.30. The maximum absolute atomic E-state index is 3.75. The van der Waals surface area contributed by atoms with Crippen molar-refractivity contribution < 1.29 is 0 Å². The van der Waals surface area contributed by atoms with Gasteiger partial charge < -0.3 is 5.32 Å². The molecule has 1 nitrogen and oxygen atoms in total. The molecule has 0 bridgehead atoms. The van der Waals surface area contributed by atoms with Crippen LogP contribution >= 0.6 is 27.3 Å². The van der Waals surface area contributed by atoms with Crippen LogP contribution in [0.2, 0.25) is 0 Å². The van der Waals surface area contributed by atoms with Crippen molar-refractivity contribution in [2.24, 2.45) is 0 Å². The number of aryl methyl sites for hydroxylation is 1. The Hall–Kier alpha value is -0.640. The van der Waals surface area contributed by atoms with Crippen LogP contribution in [0.5, 0.6) is 0 Å². The summed E-state index contributed by atoms with van der Waals surface area (Å²) in [6, 6.07) is 14.0. The van der Waals surface area contributed by atoms with Gasteiger partial charge in [0.15, 0.2) is 0 Å². The highest BCUT2D eigenvalue weighted by atomic mass is 79.9. The molecule has 0 spiro atoms. The van der Waals surface area contributed by atoms with E-state index in [2.05, 4.69) is 78.4 Å². The van der Waals surface area contributed by atoms with Crippen LogP contribution in [-0.4, -0.2) is 6.04 Å². The van der Waals surface area contributed by atoms with Crippen LogP contribution in [0.3, 0.4) is 0 Å². The minimum Gasteiger partial charge on any atom is -0.307 e. The van der Waals surface area contributed by atoms with E-state index in [1.54, 1.807) is 0 Å². The van der Waals surface area contributed by atoms with Crippen molar-refractivity contribution in [1.29, 1.82) is 0 Å². The fourth-order valence-electron chi connectivity index (χ4n) is 2.44. The predicted octanol–water partition coefficient (Wildman–Crippen LogP) is 5.49. The molecule has 3 heteroatoms. The Bertz CT molecular complexity index is 532. The SMILES string of the molecule is CCC(NC(C)Cc1ccc(C)s1)c1ccc(Br)cc1. The topological polar surface area (TPSA) is 12.0 Å². The maximum Gasteiger partial charge on any atom is 0.0320 e. The average Bonchev–Trinajstić information content (AvgIpc) is 2.82. The number of hydrogen-bond donors (Lipinski definition) is 1. The molecule has 0 radical (unpaired) electrons. The second kappa shape index (κ2) is 7.39. The van der Waals surface area contributed by atoms with Gasteiger partial charge in [-0.2, -0.15) is 0 Å². The Kier molecular flexibility index (Phi) is 5.82. The molecule has 1 aromatic heterocycles. The molecular weight excluding hydrogens is 330 g/mol. The highest BCUT2D eigenvalue weighted by Gasteiger charge is 2.13. The number of nitrogens with one attached hydrogen (secondary N) is 1. The smallest absolute Gasteiger partial charge is 0.0320 e. The van der Waals surface area contributed by atoms with Crippen molar-refractivity contribution in [3.05, 3.63) is 56.2 Å². The Balaban J connectivity index is 1.97. The molecule has 0 fully saturated rings. The summed E-state index contributed by atoms with van der Waals surface area (Å²) in [5.41, 5.74) is 1.37. The number of hydrogen-bond acceptors (Lipinski definition) is 2. The van der Waals surface area contributed by atoms with Gasteiger partial charge in [0.1, 0.15) is 0 Å². The lowest BCUT2D eigenvalue weighted by atomic mass is 10.0. The lowest BCUT2D eigenvalue weighted by Gasteiger charge is -2.22.